The molecule has 0 bridgehead atoms. The van der Waals surface area contributed by atoms with Gasteiger partial charge in [-0.15, -0.1) is 0 Å². The highest BCUT2D eigenvalue weighted by Gasteiger charge is 2.07. The van der Waals surface area contributed by atoms with Crippen LogP contribution in [0.1, 0.15) is 34.1 Å². The maximum atomic E-state index is 5.53. The molecule has 4 heteroatoms. The molecule has 0 spiro atoms. The average Bonchev–Trinajstić information content (AvgIpc) is 2.33. The third-order valence-electron chi connectivity index (χ3n) is 3.04. The van der Waals surface area contributed by atoms with Gasteiger partial charge in [-0.05, 0) is 46.8 Å². The van der Waals surface area contributed by atoms with Gasteiger partial charge in [-0.3, -0.25) is 0 Å². The van der Waals surface area contributed by atoms with E-state index in [2.05, 4.69) is 56.9 Å². The van der Waals surface area contributed by atoms with Crippen molar-refractivity contribution in [2.24, 2.45) is 5.92 Å². The lowest BCUT2D eigenvalue weighted by Crippen LogP contribution is -2.39. The molecule has 0 aromatic rings. The Morgan fingerprint density at radius 1 is 0.950 bits per heavy atom. The molecule has 0 atom stereocenters. The summed E-state index contributed by atoms with van der Waals surface area (Å²) in [6, 6.07) is 0. The van der Waals surface area contributed by atoms with E-state index in [4.69, 9.17) is 4.74 Å². The second-order valence-corrected chi connectivity index (χ2v) is 6.52. The van der Waals surface area contributed by atoms with Crippen LogP contribution >= 0.6 is 0 Å². The molecule has 0 saturated heterocycles. The van der Waals surface area contributed by atoms with Gasteiger partial charge in [0.1, 0.15) is 0 Å². The molecular weight excluding hydrogens is 250 g/mol. The van der Waals surface area contributed by atoms with Crippen LogP contribution in [0.2, 0.25) is 0 Å². The number of hydrogen-bond acceptors (Lipinski definition) is 4. The van der Waals surface area contributed by atoms with Crippen molar-refractivity contribution < 1.29 is 4.74 Å². The molecule has 20 heavy (non-hydrogen) atoms. The van der Waals surface area contributed by atoms with Gasteiger partial charge in [0, 0.05) is 39.3 Å². The van der Waals surface area contributed by atoms with E-state index in [0.717, 1.165) is 51.7 Å². The standard InChI is InChI=1S/C16H37N3O/c1-15(2)14-19(12-11-18(5)6)10-9-17-8-7-13-20-16(3)4/h15-17H,7-14H2,1-6H3. The normalized spacial score (nSPS) is 12.3. The lowest BCUT2D eigenvalue weighted by atomic mass is 10.2. The minimum Gasteiger partial charge on any atom is -0.379 e. The summed E-state index contributed by atoms with van der Waals surface area (Å²) in [4.78, 5) is 4.81. The fraction of sp³-hybridized carbons (Fsp3) is 1.00. The molecule has 0 rings (SSSR count). The minimum atomic E-state index is 0.350. The van der Waals surface area contributed by atoms with Gasteiger partial charge in [-0.25, -0.2) is 0 Å². The third kappa shape index (κ3) is 14.3. The fourth-order valence-corrected chi connectivity index (χ4v) is 2.03. The minimum absolute atomic E-state index is 0.350. The Labute approximate surface area is 126 Å². The molecule has 0 heterocycles. The predicted octanol–water partition coefficient (Wildman–Crippen LogP) is 1.91. The average molecular weight is 287 g/mol. The number of ether oxygens (including phenoxy) is 1. The smallest absolute Gasteiger partial charge is 0.0518 e. The quantitative estimate of drug-likeness (QED) is 0.524. The summed E-state index contributed by atoms with van der Waals surface area (Å²) in [5.41, 5.74) is 0. The lowest BCUT2D eigenvalue weighted by Gasteiger charge is -2.26. The van der Waals surface area contributed by atoms with Crippen LogP contribution in [0.15, 0.2) is 0 Å². The van der Waals surface area contributed by atoms with Crippen LogP contribution in [0.3, 0.4) is 0 Å². The van der Waals surface area contributed by atoms with Crippen molar-refractivity contribution in [3.63, 3.8) is 0 Å². The Hall–Kier alpha value is -0.160. The SMILES string of the molecule is CC(C)CN(CCNCCCOC(C)C)CCN(C)C. The van der Waals surface area contributed by atoms with Crippen molar-refractivity contribution in [3.05, 3.63) is 0 Å². The van der Waals surface area contributed by atoms with Crippen molar-refractivity contribution in [1.82, 2.24) is 15.1 Å². The molecule has 0 amide bonds. The van der Waals surface area contributed by atoms with Crippen LogP contribution in [0.5, 0.6) is 0 Å². The van der Waals surface area contributed by atoms with Gasteiger partial charge in [0.25, 0.3) is 0 Å². The molecule has 0 aromatic carbocycles. The lowest BCUT2D eigenvalue weighted by molar-refractivity contribution is 0.0770. The van der Waals surface area contributed by atoms with Gasteiger partial charge in [-0.2, -0.15) is 0 Å². The van der Waals surface area contributed by atoms with Crippen LogP contribution < -0.4 is 5.32 Å². The summed E-state index contributed by atoms with van der Waals surface area (Å²) < 4.78 is 5.53. The molecule has 1 N–H and O–H groups in total. The second kappa shape index (κ2) is 12.6. The van der Waals surface area contributed by atoms with Gasteiger partial charge in [0.15, 0.2) is 0 Å². The summed E-state index contributed by atoms with van der Waals surface area (Å²) >= 11 is 0. The first kappa shape index (κ1) is 19.8. The topological polar surface area (TPSA) is 27.7 Å². The van der Waals surface area contributed by atoms with E-state index in [0.29, 0.717) is 6.10 Å². The van der Waals surface area contributed by atoms with E-state index in [1.165, 1.54) is 6.54 Å². The molecular formula is C16H37N3O. The predicted molar refractivity (Wildman–Crippen MR) is 88.4 cm³/mol. The van der Waals surface area contributed by atoms with E-state index in [1.807, 2.05) is 0 Å². The molecule has 122 valence electrons. The number of likely N-dealkylation sites (N-methyl/N-ethyl adjacent to an activating group) is 1. The van der Waals surface area contributed by atoms with E-state index < -0.39 is 0 Å². The number of nitrogens with zero attached hydrogens (tertiary/aromatic N) is 2. The van der Waals surface area contributed by atoms with Crippen LogP contribution in [-0.2, 0) is 4.74 Å². The monoisotopic (exact) mass is 287 g/mol. The van der Waals surface area contributed by atoms with Crippen molar-refractivity contribution >= 4 is 0 Å². The highest BCUT2D eigenvalue weighted by Crippen LogP contribution is 1.98. The van der Waals surface area contributed by atoms with Gasteiger partial charge in [0.2, 0.25) is 0 Å². The maximum absolute atomic E-state index is 5.53. The number of hydrogen-bond donors (Lipinski definition) is 1. The zero-order valence-electron chi connectivity index (χ0n) is 14.6. The van der Waals surface area contributed by atoms with E-state index in [9.17, 15) is 0 Å². The van der Waals surface area contributed by atoms with Crippen molar-refractivity contribution in [2.75, 3.05) is 60.0 Å². The fourth-order valence-electron chi connectivity index (χ4n) is 2.03. The van der Waals surface area contributed by atoms with Gasteiger partial charge >= 0.3 is 0 Å². The molecule has 0 aliphatic heterocycles. The molecule has 0 aromatic heterocycles. The highest BCUT2D eigenvalue weighted by molar-refractivity contribution is 4.63. The Kier molecular flexibility index (Phi) is 12.5. The maximum Gasteiger partial charge on any atom is 0.0518 e. The van der Waals surface area contributed by atoms with E-state index in [-0.39, 0.29) is 0 Å². The van der Waals surface area contributed by atoms with Crippen LogP contribution in [-0.4, -0.2) is 75.9 Å². The van der Waals surface area contributed by atoms with Crippen LogP contribution in [0.25, 0.3) is 0 Å². The Morgan fingerprint density at radius 3 is 2.20 bits per heavy atom. The molecule has 4 nitrogen and oxygen atoms in total. The van der Waals surface area contributed by atoms with Crippen molar-refractivity contribution in [1.29, 1.82) is 0 Å². The highest BCUT2D eigenvalue weighted by atomic mass is 16.5. The molecule has 0 aliphatic rings. The molecule has 0 unspecified atom stereocenters. The van der Waals surface area contributed by atoms with Gasteiger partial charge in [-0.1, -0.05) is 13.8 Å². The summed E-state index contributed by atoms with van der Waals surface area (Å²) in [7, 11) is 4.28. The van der Waals surface area contributed by atoms with Crippen molar-refractivity contribution in [3.8, 4) is 0 Å². The summed E-state index contributed by atoms with van der Waals surface area (Å²) in [5.74, 6) is 0.733. The van der Waals surface area contributed by atoms with E-state index in [1.54, 1.807) is 0 Å². The summed E-state index contributed by atoms with van der Waals surface area (Å²) in [6.07, 6.45) is 1.45. The first-order chi connectivity index (χ1) is 9.41. The van der Waals surface area contributed by atoms with E-state index >= 15 is 0 Å². The Bertz CT molecular complexity index is 208. The van der Waals surface area contributed by atoms with Crippen molar-refractivity contribution in [2.45, 2.75) is 40.2 Å². The first-order valence-corrected chi connectivity index (χ1v) is 8.11. The zero-order valence-corrected chi connectivity index (χ0v) is 14.6. The molecule has 0 fully saturated rings. The Morgan fingerprint density at radius 2 is 1.65 bits per heavy atom. The van der Waals surface area contributed by atoms with Gasteiger partial charge in [0.05, 0.1) is 6.10 Å². The molecule has 0 aliphatic carbocycles. The second-order valence-electron chi connectivity index (χ2n) is 6.52. The zero-order chi connectivity index (χ0) is 15.4. The summed E-state index contributed by atoms with van der Waals surface area (Å²) in [5, 5.41) is 3.52. The largest absolute Gasteiger partial charge is 0.379 e. The van der Waals surface area contributed by atoms with Crippen LogP contribution in [0, 0.1) is 5.92 Å². The number of nitrogens with one attached hydrogen (secondary N) is 1. The summed E-state index contributed by atoms with van der Waals surface area (Å²) in [6.45, 7) is 16.3. The first-order valence-electron chi connectivity index (χ1n) is 8.11. The number of rotatable bonds is 13. The molecule has 0 radical (unpaired) electrons. The third-order valence-corrected chi connectivity index (χ3v) is 3.04. The Balaban J connectivity index is 3.62. The van der Waals surface area contributed by atoms with Gasteiger partial charge < -0.3 is 19.9 Å². The van der Waals surface area contributed by atoms with Crippen LogP contribution in [0.4, 0.5) is 0 Å². The molecule has 0 saturated carbocycles.